The smallest absolute Gasteiger partial charge is 0.251 e. The van der Waals surface area contributed by atoms with Crippen LogP contribution in [0.5, 0.6) is 0 Å². The number of pyridine rings is 1. The van der Waals surface area contributed by atoms with E-state index in [0.717, 1.165) is 0 Å². The van der Waals surface area contributed by atoms with Crippen molar-refractivity contribution in [3.8, 4) is 11.3 Å². The summed E-state index contributed by atoms with van der Waals surface area (Å²) < 4.78 is 15.2. The fourth-order valence-corrected chi connectivity index (χ4v) is 3.17. The molecule has 156 valence electrons. The van der Waals surface area contributed by atoms with Gasteiger partial charge in [0.15, 0.2) is 0 Å². The highest BCUT2D eigenvalue weighted by Crippen LogP contribution is 2.23. The Bertz CT molecular complexity index is 1270. The van der Waals surface area contributed by atoms with Crippen LogP contribution in [0.2, 0.25) is 5.02 Å². The van der Waals surface area contributed by atoms with E-state index in [1.165, 1.54) is 41.4 Å². The number of hydrogen-bond acceptors (Lipinski definition) is 7. The Morgan fingerprint density at radius 3 is 2.71 bits per heavy atom. The van der Waals surface area contributed by atoms with E-state index >= 15 is 0 Å². The van der Waals surface area contributed by atoms with Crippen LogP contribution in [-0.2, 0) is 0 Å². The van der Waals surface area contributed by atoms with E-state index in [-0.39, 0.29) is 17.2 Å². The maximum absolute atomic E-state index is 13.8. The number of nitrogens with one attached hydrogen (secondary N) is 1. The molecule has 3 heterocycles. The molecule has 4 aromatic rings. The summed E-state index contributed by atoms with van der Waals surface area (Å²) in [6, 6.07) is 9.90. The lowest BCUT2D eigenvalue weighted by Gasteiger charge is -2.18. The fourth-order valence-electron chi connectivity index (χ4n) is 3.05. The van der Waals surface area contributed by atoms with Crippen molar-refractivity contribution in [3.63, 3.8) is 0 Å². The Balaban J connectivity index is 1.63. The topological polar surface area (TPSA) is 106 Å². The average Bonchev–Trinajstić information content (AvgIpc) is 2.78. The van der Waals surface area contributed by atoms with Crippen LogP contribution in [-0.4, -0.2) is 36.4 Å². The molecular weight excluding hydrogens is 423 g/mol. The molecule has 31 heavy (non-hydrogen) atoms. The Hall–Kier alpha value is -3.69. The second-order valence-corrected chi connectivity index (χ2v) is 6.96. The second kappa shape index (κ2) is 8.99. The number of hydrogen-bond donors (Lipinski definition) is 2. The minimum atomic E-state index is -0.755. The van der Waals surface area contributed by atoms with Gasteiger partial charge in [-0.1, -0.05) is 17.7 Å². The summed E-state index contributed by atoms with van der Waals surface area (Å²) in [6.45, 7) is -0.387. The van der Waals surface area contributed by atoms with Crippen LogP contribution >= 0.6 is 11.6 Å². The number of benzene rings is 1. The number of aliphatic hydroxyl groups is 1. The molecule has 2 N–H and O–H groups in total. The van der Waals surface area contributed by atoms with Crippen LogP contribution in [0.4, 0.5) is 16.0 Å². The van der Waals surface area contributed by atoms with E-state index < -0.39 is 11.9 Å². The summed E-state index contributed by atoms with van der Waals surface area (Å²) in [5.41, 5.74) is 1.82. The molecule has 1 atom stereocenters. The van der Waals surface area contributed by atoms with E-state index in [2.05, 4.69) is 25.5 Å². The molecular formula is C21H16ClFN6O2. The molecule has 0 spiro atoms. The highest BCUT2D eigenvalue weighted by atomic mass is 35.5. The molecule has 0 bridgehead atoms. The van der Waals surface area contributed by atoms with E-state index in [0.29, 0.717) is 28.5 Å². The maximum atomic E-state index is 13.8. The molecule has 4 rings (SSSR count). The van der Waals surface area contributed by atoms with Gasteiger partial charge in [-0.05, 0) is 35.9 Å². The van der Waals surface area contributed by atoms with E-state index in [1.54, 1.807) is 30.5 Å². The molecule has 10 heteroatoms. The number of aromatic nitrogens is 5. The zero-order valence-electron chi connectivity index (χ0n) is 16.0. The predicted octanol–water partition coefficient (Wildman–Crippen LogP) is 3.21. The average molecular weight is 439 g/mol. The van der Waals surface area contributed by atoms with Gasteiger partial charge in [0.05, 0.1) is 41.4 Å². The molecule has 1 aromatic carbocycles. The molecule has 0 aliphatic heterocycles. The van der Waals surface area contributed by atoms with E-state index in [9.17, 15) is 14.3 Å². The summed E-state index contributed by atoms with van der Waals surface area (Å²) >= 11 is 5.73. The van der Waals surface area contributed by atoms with Crippen molar-refractivity contribution in [2.75, 3.05) is 11.9 Å². The number of nitrogens with zero attached hydrogens (tertiary/aromatic N) is 5. The molecule has 3 aromatic heterocycles. The van der Waals surface area contributed by atoms with Gasteiger partial charge in [-0.15, -0.1) is 0 Å². The summed E-state index contributed by atoms with van der Waals surface area (Å²) in [5.74, 6) is -0.285. The van der Waals surface area contributed by atoms with Crippen molar-refractivity contribution >= 4 is 23.2 Å². The van der Waals surface area contributed by atoms with Crippen LogP contribution in [0.3, 0.4) is 0 Å². The Labute approximate surface area is 181 Å². The molecule has 8 nitrogen and oxygen atoms in total. The monoisotopic (exact) mass is 438 g/mol. The van der Waals surface area contributed by atoms with Gasteiger partial charge in [0, 0.05) is 24.0 Å². The van der Waals surface area contributed by atoms with Crippen molar-refractivity contribution in [1.29, 1.82) is 0 Å². The molecule has 0 aliphatic carbocycles. The number of anilines is 2. The highest BCUT2D eigenvalue weighted by molar-refractivity contribution is 6.30. The quantitative estimate of drug-likeness (QED) is 0.476. The predicted molar refractivity (Wildman–Crippen MR) is 114 cm³/mol. The zero-order chi connectivity index (χ0) is 21.8. The lowest BCUT2D eigenvalue weighted by atomic mass is 10.1. The van der Waals surface area contributed by atoms with E-state index in [4.69, 9.17) is 11.6 Å². The fraction of sp³-hybridized carbons (Fsp3) is 0.0952. The van der Waals surface area contributed by atoms with Crippen molar-refractivity contribution in [1.82, 2.24) is 24.7 Å². The first-order valence-corrected chi connectivity index (χ1v) is 9.58. The molecule has 0 unspecified atom stereocenters. The van der Waals surface area contributed by atoms with Crippen molar-refractivity contribution in [2.45, 2.75) is 6.04 Å². The third-order valence-corrected chi connectivity index (χ3v) is 4.88. The van der Waals surface area contributed by atoms with Crippen LogP contribution in [0, 0.1) is 5.82 Å². The second-order valence-electron chi connectivity index (χ2n) is 6.55. The van der Waals surface area contributed by atoms with Crippen molar-refractivity contribution < 1.29 is 9.50 Å². The molecule has 0 saturated heterocycles. The Morgan fingerprint density at radius 2 is 2.00 bits per heavy atom. The molecule has 0 radical (unpaired) electrons. The van der Waals surface area contributed by atoms with Gasteiger partial charge in [-0.3, -0.25) is 4.79 Å². The highest BCUT2D eigenvalue weighted by Gasteiger charge is 2.16. The number of rotatable bonds is 6. The van der Waals surface area contributed by atoms with Gasteiger partial charge >= 0.3 is 0 Å². The molecule has 0 fully saturated rings. The number of halogens is 2. The normalized spacial score (nSPS) is 11.8. The van der Waals surface area contributed by atoms with Gasteiger partial charge in [-0.25, -0.2) is 14.4 Å². The van der Waals surface area contributed by atoms with Crippen molar-refractivity contribution in [2.24, 2.45) is 0 Å². The summed E-state index contributed by atoms with van der Waals surface area (Å²) in [6.07, 6.45) is 6.17. The molecule has 0 amide bonds. The first-order valence-electron chi connectivity index (χ1n) is 9.20. The first kappa shape index (κ1) is 20.6. The minimum absolute atomic E-state index is 0.0288. The number of aliphatic hydroxyl groups excluding tert-OH is 1. The SMILES string of the molecule is O=c1cc(-c2ccnc(Nc3ccnnc3)n2)ccn1[C@H](CO)c1ccc(Cl)c(F)c1. The summed E-state index contributed by atoms with van der Waals surface area (Å²) in [4.78, 5) is 21.4. The third-order valence-electron chi connectivity index (χ3n) is 4.58. The zero-order valence-corrected chi connectivity index (χ0v) is 16.7. The van der Waals surface area contributed by atoms with Crippen molar-refractivity contribution in [3.05, 3.63) is 94.0 Å². The minimum Gasteiger partial charge on any atom is -0.394 e. The first-order chi connectivity index (χ1) is 15.0. The van der Waals surface area contributed by atoms with Crippen LogP contribution in [0.1, 0.15) is 11.6 Å². The van der Waals surface area contributed by atoms with Crippen LogP contribution in [0.25, 0.3) is 11.3 Å². The lowest BCUT2D eigenvalue weighted by Crippen LogP contribution is -2.27. The molecule has 0 aliphatic rings. The lowest BCUT2D eigenvalue weighted by molar-refractivity contribution is 0.247. The van der Waals surface area contributed by atoms with Gasteiger partial charge < -0.3 is 15.0 Å². The maximum Gasteiger partial charge on any atom is 0.251 e. The van der Waals surface area contributed by atoms with Gasteiger partial charge in [-0.2, -0.15) is 10.2 Å². The third kappa shape index (κ3) is 4.57. The molecule has 0 saturated carbocycles. The van der Waals surface area contributed by atoms with Gasteiger partial charge in [0.25, 0.3) is 5.56 Å². The van der Waals surface area contributed by atoms with Crippen LogP contribution in [0.15, 0.2) is 72.0 Å². The van der Waals surface area contributed by atoms with Gasteiger partial charge in [0.1, 0.15) is 5.82 Å². The van der Waals surface area contributed by atoms with Crippen LogP contribution < -0.4 is 10.9 Å². The summed E-state index contributed by atoms with van der Waals surface area (Å²) in [5, 5.41) is 20.3. The van der Waals surface area contributed by atoms with E-state index in [1.807, 2.05) is 0 Å². The Kier molecular flexibility index (Phi) is 5.96. The van der Waals surface area contributed by atoms with Gasteiger partial charge in [0.2, 0.25) is 5.95 Å². The summed E-state index contributed by atoms with van der Waals surface area (Å²) in [7, 11) is 0. The Morgan fingerprint density at radius 1 is 1.13 bits per heavy atom. The standard InChI is InChI=1S/C21H16ClFN6O2/c22-16-2-1-14(9-17(16)23)19(12-30)29-8-5-13(10-20(29)31)18-4-6-24-21(28-18)27-15-3-7-25-26-11-15/h1-11,19,30H,12H2,(H,24,25,27,28)/t19-/m1/s1. The largest absolute Gasteiger partial charge is 0.394 e.